The zero-order valence-corrected chi connectivity index (χ0v) is 10.1. The predicted molar refractivity (Wildman–Crippen MR) is 60.2 cm³/mol. The molecule has 0 aromatic carbocycles. The molecule has 0 radical (unpaired) electrons. The highest BCUT2D eigenvalue weighted by Crippen LogP contribution is 2.10. The Morgan fingerprint density at radius 2 is 2.47 bits per heavy atom. The third kappa shape index (κ3) is 3.79. The van der Waals surface area contributed by atoms with Gasteiger partial charge in [-0.25, -0.2) is 4.79 Å². The van der Waals surface area contributed by atoms with E-state index in [0.717, 1.165) is 0 Å². The number of esters is 1. The van der Waals surface area contributed by atoms with E-state index in [9.17, 15) is 4.79 Å². The Balaban J connectivity index is 2.73. The minimum atomic E-state index is -0.590. The van der Waals surface area contributed by atoms with Gasteiger partial charge >= 0.3 is 5.97 Å². The molecule has 0 saturated heterocycles. The molecular formula is C10H18N4O3. The molecule has 96 valence electrons. The molecule has 0 spiro atoms. The number of aromatic nitrogens is 3. The Morgan fingerprint density at radius 1 is 1.71 bits per heavy atom. The van der Waals surface area contributed by atoms with E-state index in [-0.39, 0.29) is 12.6 Å². The van der Waals surface area contributed by atoms with Crippen molar-refractivity contribution in [3.8, 4) is 0 Å². The molecule has 1 atom stereocenters. The molecule has 1 heterocycles. The van der Waals surface area contributed by atoms with Gasteiger partial charge in [-0.05, 0) is 13.0 Å². The first-order valence-electron chi connectivity index (χ1n) is 5.55. The molecule has 0 aliphatic rings. The lowest BCUT2D eigenvalue weighted by atomic mass is 10.2. The number of carbonyl (C=O) groups is 1. The fourth-order valence-electron chi connectivity index (χ4n) is 1.42. The van der Waals surface area contributed by atoms with E-state index in [4.69, 9.17) is 9.84 Å². The molecule has 1 rings (SSSR count). The molecule has 2 N–H and O–H groups in total. The Hall–Kier alpha value is -1.47. The van der Waals surface area contributed by atoms with Gasteiger partial charge in [-0.15, -0.1) is 5.10 Å². The van der Waals surface area contributed by atoms with E-state index in [0.29, 0.717) is 25.2 Å². The van der Waals surface area contributed by atoms with E-state index in [1.165, 1.54) is 7.11 Å². The Labute approximate surface area is 99.8 Å². The van der Waals surface area contributed by atoms with Crippen molar-refractivity contribution in [3.05, 3.63) is 11.9 Å². The Morgan fingerprint density at radius 3 is 3.06 bits per heavy atom. The van der Waals surface area contributed by atoms with Crippen LogP contribution in [0.4, 0.5) is 0 Å². The molecule has 1 aromatic rings. The summed E-state index contributed by atoms with van der Waals surface area (Å²) < 4.78 is 6.29. The number of ether oxygens (including phenoxy) is 1. The van der Waals surface area contributed by atoms with Gasteiger partial charge in [0.15, 0.2) is 6.04 Å². The molecule has 7 heteroatoms. The van der Waals surface area contributed by atoms with Gasteiger partial charge in [-0.2, -0.15) is 0 Å². The lowest BCUT2D eigenvalue weighted by Crippen LogP contribution is -2.29. The highest BCUT2D eigenvalue weighted by atomic mass is 16.5. The zero-order chi connectivity index (χ0) is 12.7. The van der Waals surface area contributed by atoms with Gasteiger partial charge in [0.05, 0.1) is 13.3 Å². The van der Waals surface area contributed by atoms with Crippen LogP contribution in [0.2, 0.25) is 0 Å². The maximum Gasteiger partial charge on any atom is 0.329 e. The second kappa shape index (κ2) is 6.97. The van der Waals surface area contributed by atoms with Gasteiger partial charge in [-0.3, -0.25) is 10.00 Å². The second-order valence-electron chi connectivity index (χ2n) is 3.50. The number of aliphatic hydroxyl groups is 1. The highest BCUT2D eigenvalue weighted by Gasteiger charge is 2.23. The second-order valence-corrected chi connectivity index (χ2v) is 3.50. The van der Waals surface area contributed by atoms with Crippen molar-refractivity contribution in [2.75, 3.05) is 20.3 Å². The topological polar surface area (TPSA) is 89.3 Å². The predicted octanol–water partition coefficient (Wildman–Crippen LogP) is -0.516. The first-order chi connectivity index (χ1) is 8.22. The van der Waals surface area contributed by atoms with Crippen LogP contribution in [0, 0.1) is 0 Å². The number of nitrogens with one attached hydrogen (secondary N) is 1. The number of hydrogen-bond acceptors (Lipinski definition) is 6. The summed E-state index contributed by atoms with van der Waals surface area (Å²) >= 11 is 0. The van der Waals surface area contributed by atoms with E-state index >= 15 is 0 Å². The van der Waals surface area contributed by atoms with Gasteiger partial charge in [0.25, 0.3) is 0 Å². The molecule has 0 amide bonds. The summed E-state index contributed by atoms with van der Waals surface area (Å²) in [6.07, 6.45) is 2.28. The zero-order valence-electron chi connectivity index (χ0n) is 10.1. The average molecular weight is 242 g/mol. The molecule has 0 fully saturated rings. The van der Waals surface area contributed by atoms with Crippen LogP contribution in [-0.4, -0.2) is 46.3 Å². The van der Waals surface area contributed by atoms with Crippen molar-refractivity contribution < 1.29 is 14.6 Å². The summed E-state index contributed by atoms with van der Waals surface area (Å²) in [6.45, 7) is 3.20. The number of carbonyl (C=O) groups excluding carboxylic acids is 1. The Bertz CT molecular complexity index is 353. The van der Waals surface area contributed by atoms with Gasteiger partial charge in [0, 0.05) is 13.2 Å². The monoisotopic (exact) mass is 242 g/mol. The summed E-state index contributed by atoms with van der Waals surface area (Å²) in [5.74, 6) is -0.388. The van der Waals surface area contributed by atoms with Gasteiger partial charge in [0.2, 0.25) is 0 Å². The van der Waals surface area contributed by atoms with Gasteiger partial charge < -0.3 is 9.84 Å². The summed E-state index contributed by atoms with van der Waals surface area (Å²) in [6, 6.07) is -0.590. The first-order valence-corrected chi connectivity index (χ1v) is 5.55. The fraction of sp³-hybridized carbons (Fsp3) is 0.700. The Kier molecular flexibility index (Phi) is 5.58. The number of hydrogen-bond donors (Lipinski definition) is 2. The van der Waals surface area contributed by atoms with Crippen molar-refractivity contribution >= 4 is 5.97 Å². The molecule has 0 aliphatic carbocycles. The largest absolute Gasteiger partial charge is 0.468 e. The van der Waals surface area contributed by atoms with Crippen LogP contribution in [0.15, 0.2) is 6.20 Å². The van der Waals surface area contributed by atoms with Crippen LogP contribution in [0.25, 0.3) is 0 Å². The number of methoxy groups -OCH3 is 1. The number of rotatable bonds is 7. The molecule has 0 saturated carbocycles. The third-order valence-electron chi connectivity index (χ3n) is 2.24. The minimum absolute atomic E-state index is 0.100. The van der Waals surface area contributed by atoms with E-state index < -0.39 is 6.04 Å². The van der Waals surface area contributed by atoms with Crippen LogP contribution in [0.1, 0.15) is 25.1 Å². The number of aryl methyl sites for hydroxylation is 1. The quantitative estimate of drug-likeness (QED) is 0.626. The molecule has 0 aliphatic heterocycles. The van der Waals surface area contributed by atoms with Crippen LogP contribution in [0.5, 0.6) is 0 Å². The standard InChI is InChI=1S/C10H18N4O3/c1-3-11-9(10(16)17-2)8-7-14(13-12-8)5-4-6-15/h7,9,11,15H,3-6H2,1-2H3. The SMILES string of the molecule is CCNC(C(=O)OC)c1cn(CCCO)nn1. The number of aliphatic hydroxyl groups excluding tert-OH is 1. The molecule has 7 nitrogen and oxygen atoms in total. The van der Waals surface area contributed by atoms with Gasteiger partial charge in [0.1, 0.15) is 5.69 Å². The van der Waals surface area contributed by atoms with E-state index in [1.54, 1.807) is 10.9 Å². The van der Waals surface area contributed by atoms with E-state index in [2.05, 4.69) is 15.6 Å². The third-order valence-corrected chi connectivity index (χ3v) is 2.24. The normalized spacial score (nSPS) is 12.4. The summed E-state index contributed by atoms with van der Waals surface area (Å²) in [7, 11) is 1.34. The van der Waals surface area contributed by atoms with Crippen LogP contribution in [0.3, 0.4) is 0 Å². The lowest BCUT2D eigenvalue weighted by molar-refractivity contribution is -0.143. The van der Waals surface area contributed by atoms with Crippen molar-refractivity contribution in [1.82, 2.24) is 20.3 Å². The van der Waals surface area contributed by atoms with Crippen molar-refractivity contribution in [2.24, 2.45) is 0 Å². The highest BCUT2D eigenvalue weighted by molar-refractivity contribution is 5.76. The van der Waals surface area contributed by atoms with E-state index in [1.807, 2.05) is 6.92 Å². The van der Waals surface area contributed by atoms with Crippen LogP contribution < -0.4 is 5.32 Å². The molecule has 1 unspecified atom stereocenters. The first kappa shape index (κ1) is 13.6. The maximum atomic E-state index is 11.5. The number of likely N-dealkylation sites (N-methyl/N-ethyl adjacent to an activating group) is 1. The van der Waals surface area contributed by atoms with Crippen LogP contribution >= 0.6 is 0 Å². The minimum Gasteiger partial charge on any atom is -0.468 e. The van der Waals surface area contributed by atoms with Crippen molar-refractivity contribution in [3.63, 3.8) is 0 Å². The summed E-state index contributed by atoms with van der Waals surface area (Å²) in [5.41, 5.74) is 0.525. The average Bonchev–Trinajstić information content (AvgIpc) is 2.81. The maximum absolute atomic E-state index is 11.5. The molecule has 0 bridgehead atoms. The molecular weight excluding hydrogens is 224 g/mol. The number of nitrogens with zero attached hydrogens (tertiary/aromatic N) is 3. The molecule has 17 heavy (non-hydrogen) atoms. The van der Waals surface area contributed by atoms with Crippen LogP contribution in [-0.2, 0) is 16.1 Å². The fourth-order valence-corrected chi connectivity index (χ4v) is 1.42. The smallest absolute Gasteiger partial charge is 0.329 e. The summed E-state index contributed by atoms with van der Waals surface area (Å²) in [5, 5.41) is 19.5. The molecule has 1 aromatic heterocycles. The van der Waals surface area contributed by atoms with Gasteiger partial charge in [-0.1, -0.05) is 12.1 Å². The van der Waals surface area contributed by atoms with Crippen molar-refractivity contribution in [2.45, 2.75) is 25.9 Å². The van der Waals surface area contributed by atoms with Crippen molar-refractivity contribution in [1.29, 1.82) is 0 Å². The summed E-state index contributed by atoms with van der Waals surface area (Å²) in [4.78, 5) is 11.5. The lowest BCUT2D eigenvalue weighted by Gasteiger charge is -2.11.